The summed E-state index contributed by atoms with van der Waals surface area (Å²) in [6.07, 6.45) is 0. The molecule has 0 aromatic heterocycles. The van der Waals surface area contributed by atoms with Crippen LogP contribution < -0.4 is 9.91 Å². The van der Waals surface area contributed by atoms with Crippen molar-refractivity contribution in [2.45, 2.75) is 37.5 Å². The zero-order valence-electron chi connectivity index (χ0n) is 14.4. The Morgan fingerprint density at radius 2 is 1.88 bits per heavy atom. The zero-order chi connectivity index (χ0) is 18.3. The summed E-state index contributed by atoms with van der Waals surface area (Å²) < 4.78 is 5.07. The predicted molar refractivity (Wildman–Crippen MR) is 94.8 cm³/mol. The lowest BCUT2D eigenvalue weighted by Crippen LogP contribution is -2.55. The smallest absolute Gasteiger partial charge is 0.299 e. The Morgan fingerprint density at radius 1 is 1.21 bits per heavy atom. The fourth-order valence-corrected chi connectivity index (χ4v) is 3.15. The van der Waals surface area contributed by atoms with E-state index in [9.17, 15) is 15.3 Å². The zero-order valence-corrected chi connectivity index (χ0v) is 15.2. The molecule has 2 N–H and O–H groups in total. The van der Waals surface area contributed by atoms with Gasteiger partial charge in [0.1, 0.15) is 0 Å². The van der Waals surface area contributed by atoms with Gasteiger partial charge >= 0.3 is 0 Å². The van der Waals surface area contributed by atoms with Crippen molar-refractivity contribution >= 4 is 17.4 Å². The maximum absolute atomic E-state index is 10.9. The molecule has 6 heteroatoms. The standard InChI is InChI=1S/C16H14N2O3S.C2H6/c1-9-4-11(8-17)10(2)15(5-9)22-12-6-13(18-20)16(19)14(7-12)21-3;1-2/h4-7,19H,1-3H3;1-2H3/p+1. The van der Waals surface area contributed by atoms with Crippen LogP contribution in [0.3, 0.4) is 0 Å². The molecule has 126 valence electrons. The second-order valence-corrected chi connectivity index (χ2v) is 5.89. The molecule has 0 saturated carbocycles. The molecule has 0 fully saturated rings. The lowest BCUT2D eigenvalue weighted by atomic mass is 10.1. The number of hydrogen-bond donors (Lipinski definition) is 2. The van der Waals surface area contributed by atoms with E-state index in [0.717, 1.165) is 20.9 Å². The molecule has 2 aromatic rings. The lowest BCUT2D eigenvalue weighted by Gasteiger charge is -2.10. The number of nitriles is 1. The van der Waals surface area contributed by atoms with Gasteiger partial charge in [-0.05, 0) is 43.2 Å². The minimum atomic E-state index is -0.222. The number of nitrogens with zero attached hydrogens (tertiary/aromatic N) is 1. The number of hydrogen-bond acceptors (Lipinski definition) is 5. The van der Waals surface area contributed by atoms with Gasteiger partial charge in [0.2, 0.25) is 5.75 Å². The Morgan fingerprint density at radius 3 is 2.42 bits per heavy atom. The first-order chi connectivity index (χ1) is 11.5. The van der Waals surface area contributed by atoms with Gasteiger partial charge in [0.25, 0.3) is 5.69 Å². The Balaban J connectivity index is 0.00000139. The molecule has 0 atom stereocenters. The van der Waals surface area contributed by atoms with Crippen molar-refractivity contribution in [2.24, 2.45) is 0 Å². The van der Waals surface area contributed by atoms with Gasteiger partial charge < -0.3 is 9.84 Å². The number of nitroso groups, excluding NO2 is 1. The van der Waals surface area contributed by atoms with Gasteiger partial charge in [0.15, 0.2) is 5.75 Å². The molecular weight excluding hydrogens is 324 g/mol. The predicted octanol–water partition coefficient (Wildman–Crippen LogP) is 3.55. The molecule has 0 unspecified atom stereocenters. The third-order valence-corrected chi connectivity index (χ3v) is 4.35. The molecule has 0 saturated heterocycles. The summed E-state index contributed by atoms with van der Waals surface area (Å²) >= 11 is 1.40. The van der Waals surface area contributed by atoms with E-state index in [0.29, 0.717) is 5.56 Å². The van der Waals surface area contributed by atoms with E-state index in [4.69, 9.17) is 4.74 Å². The van der Waals surface area contributed by atoms with Crippen molar-refractivity contribution in [3.05, 3.63) is 45.9 Å². The van der Waals surface area contributed by atoms with Crippen molar-refractivity contribution in [3.63, 3.8) is 0 Å². The minimum Gasteiger partial charge on any atom is -0.500 e. The van der Waals surface area contributed by atoms with Gasteiger partial charge in [-0.3, -0.25) is 0 Å². The van der Waals surface area contributed by atoms with E-state index < -0.39 is 0 Å². The molecule has 0 aliphatic rings. The van der Waals surface area contributed by atoms with E-state index in [1.807, 2.05) is 39.8 Å². The molecule has 0 spiro atoms. The Bertz CT molecular complexity index is 783. The van der Waals surface area contributed by atoms with Crippen LogP contribution in [0.15, 0.2) is 34.1 Å². The molecule has 0 aliphatic carbocycles. The van der Waals surface area contributed by atoms with Crippen molar-refractivity contribution in [1.29, 1.82) is 5.26 Å². The molecule has 5 nitrogen and oxygen atoms in total. The molecule has 24 heavy (non-hydrogen) atoms. The summed E-state index contributed by atoms with van der Waals surface area (Å²) in [4.78, 5) is 12.6. The summed E-state index contributed by atoms with van der Waals surface area (Å²) in [5.74, 6) is -0.00492. The third kappa shape index (κ3) is 4.27. The first kappa shape index (κ1) is 19.5. The van der Waals surface area contributed by atoms with Crippen LogP contribution in [0, 0.1) is 30.1 Å². The van der Waals surface area contributed by atoms with Crippen LogP contribution in [0.2, 0.25) is 0 Å². The van der Waals surface area contributed by atoms with E-state index >= 15 is 0 Å². The normalized spacial score (nSPS) is 9.50. The highest BCUT2D eigenvalue weighted by molar-refractivity contribution is 7.99. The molecule has 0 amide bonds. The van der Waals surface area contributed by atoms with Crippen LogP contribution in [0.25, 0.3) is 0 Å². The number of benzene rings is 2. The Kier molecular flexibility index (Phi) is 7.28. The Hall–Kier alpha value is -2.52. The number of ether oxygens (including phenoxy) is 1. The average molecular weight is 345 g/mol. The molecule has 2 rings (SSSR count). The number of aromatic hydroxyl groups is 1. The van der Waals surface area contributed by atoms with E-state index in [1.54, 1.807) is 17.3 Å². The highest BCUT2D eigenvalue weighted by atomic mass is 32.2. The quantitative estimate of drug-likeness (QED) is 0.828. The number of rotatable bonds is 4. The average Bonchev–Trinajstić information content (AvgIpc) is 2.60. The van der Waals surface area contributed by atoms with E-state index in [1.165, 1.54) is 18.9 Å². The molecule has 0 heterocycles. The van der Waals surface area contributed by atoms with Crippen LogP contribution in [-0.4, -0.2) is 12.2 Å². The summed E-state index contributed by atoms with van der Waals surface area (Å²) in [6, 6.07) is 9.18. The second kappa shape index (κ2) is 8.94. The van der Waals surface area contributed by atoms with Crippen LogP contribution in [0.1, 0.15) is 30.5 Å². The van der Waals surface area contributed by atoms with E-state index in [2.05, 4.69) is 6.07 Å². The van der Waals surface area contributed by atoms with Crippen LogP contribution in [-0.2, 0) is 0 Å². The van der Waals surface area contributed by atoms with Crippen LogP contribution >= 0.6 is 11.8 Å². The molecule has 0 bridgehead atoms. The molecular formula is C18H21N2O3S+. The molecule has 0 aliphatic heterocycles. The first-order valence-corrected chi connectivity index (χ1v) is 8.30. The Labute approximate surface area is 146 Å². The van der Waals surface area contributed by atoms with Gasteiger partial charge in [-0.15, -0.1) is 0 Å². The largest absolute Gasteiger partial charge is 0.500 e. The minimum absolute atomic E-state index is 0.0488. The highest BCUT2D eigenvalue weighted by Gasteiger charge is 2.17. The number of aryl methyl sites for hydroxylation is 1. The van der Waals surface area contributed by atoms with Gasteiger partial charge in [0.05, 0.1) is 18.7 Å². The maximum atomic E-state index is 10.9. The third-order valence-electron chi connectivity index (χ3n) is 3.23. The number of phenols is 1. The lowest BCUT2D eigenvalue weighted by molar-refractivity contribution is -0.380. The van der Waals surface area contributed by atoms with Gasteiger partial charge in [-0.1, -0.05) is 25.6 Å². The number of methoxy groups -OCH3 is 1. The van der Waals surface area contributed by atoms with Gasteiger partial charge in [0, 0.05) is 25.9 Å². The number of nitrogens with one attached hydrogen (secondary N) is 1. The monoisotopic (exact) mass is 345 g/mol. The van der Waals surface area contributed by atoms with Crippen LogP contribution in [0.5, 0.6) is 11.5 Å². The molecule has 0 radical (unpaired) electrons. The summed E-state index contributed by atoms with van der Waals surface area (Å²) in [5, 5.41) is 20.7. The summed E-state index contributed by atoms with van der Waals surface area (Å²) in [7, 11) is 1.42. The SMILES string of the molecule is CC.COc1cc(Sc2cc(C)cc(C#N)c2C)cc([NH+]=O)c1O. The maximum Gasteiger partial charge on any atom is 0.299 e. The molecule has 2 aromatic carbocycles. The highest BCUT2D eigenvalue weighted by Crippen LogP contribution is 2.40. The van der Waals surface area contributed by atoms with E-state index in [-0.39, 0.29) is 17.2 Å². The fraction of sp³-hybridized carbons (Fsp3) is 0.278. The van der Waals surface area contributed by atoms with Crippen molar-refractivity contribution in [2.75, 3.05) is 7.11 Å². The van der Waals surface area contributed by atoms with Crippen molar-refractivity contribution in [1.82, 2.24) is 0 Å². The van der Waals surface area contributed by atoms with Gasteiger partial charge in [-0.2, -0.15) is 5.26 Å². The first-order valence-electron chi connectivity index (χ1n) is 7.48. The summed E-state index contributed by atoms with van der Waals surface area (Å²) in [5.41, 5.74) is 2.53. The summed E-state index contributed by atoms with van der Waals surface area (Å²) in [6.45, 7) is 7.80. The van der Waals surface area contributed by atoms with Crippen LogP contribution in [0.4, 0.5) is 5.69 Å². The number of phenolic OH excluding ortho intramolecular Hbond substituents is 1. The fourth-order valence-electron chi connectivity index (χ4n) is 2.05. The van der Waals surface area contributed by atoms with Crippen molar-refractivity contribution < 1.29 is 15.0 Å². The van der Waals surface area contributed by atoms with Crippen molar-refractivity contribution in [3.8, 4) is 17.6 Å². The second-order valence-electron chi connectivity index (χ2n) is 4.77. The van der Waals surface area contributed by atoms with Gasteiger partial charge in [-0.25, -0.2) is 0 Å². The topological polar surface area (TPSA) is 84.3 Å².